The Hall–Kier alpha value is -7.63. The highest BCUT2D eigenvalue weighted by Crippen LogP contribution is 2.49. The molecule has 262 valence electrons. The van der Waals surface area contributed by atoms with Gasteiger partial charge in [0.25, 0.3) is 0 Å². The maximum Gasteiger partial charge on any atom is 0.220 e. The van der Waals surface area contributed by atoms with E-state index in [0.29, 0.717) is 5.82 Å². The van der Waals surface area contributed by atoms with Crippen LogP contribution in [-0.2, 0) is 0 Å². The number of imidazole rings is 1. The van der Waals surface area contributed by atoms with Crippen LogP contribution in [0.5, 0.6) is 0 Å². The van der Waals surface area contributed by atoms with E-state index in [0.717, 1.165) is 84.4 Å². The van der Waals surface area contributed by atoms with Crippen LogP contribution in [0.4, 0.5) is 17.3 Å². The Balaban J connectivity index is 1.23. The van der Waals surface area contributed by atoms with Gasteiger partial charge in [0.15, 0.2) is 5.82 Å². The minimum absolute atomic E-state index is 0.677. The van der Waals surface area contributed by atoms with Gasteiger partial charge in [-0.05, 0) is 70.4 Å². The normalized spacial score (nSPS) is 11.9. The highest BCUT2D eigenvalue weighted by Gasteiger charge is 2.30. The summed E-state index contributed by atoms with van der Waals surface area (Å²) >= 11 is 0. The molecule has 0 bridgehead atoms. The van der Waals surface area contributed by atoms with Crippen molar-refractivity contribution >= 4 is 39.1 Å². The summed E-state index contributed by atoms with van der Waals surface area (Å²) in [6, 6.07) is 70.4. The van der Waals surface area contributed by atoms with Gasteiger partial charge in [-0.3, -0.25) is 9.47 Å². The molecule has 56 heavy (non-hydrogen) atoms. The van der Waals surface area contributed by atoms with Crippen molar-refractivity contribution in [1.29, 1.82) is 0 Å². The van der Waals surface area contributed by atoms with E-state index in [-0.39, 0.29) is 0 Å². The lowest BCUT2D eigenvalue weighted by molar-refractivity contribution is 1.05. The predicted octanol–water partition coefficient (Wildman–Crippen LogP) is 13.1. The first-order valence-corrected chi connectivity index (χ1v) is 18.9. The van der Waals surface area contributed by atoms with Crippen molar-refractivity contribution in [2.75, 3.05) is 4.90 Å². The molecule has 0 fully saturated rings. The van der Waals surface area contributed by atoms with Gasteiger partial charge < -0.3 is 0 Å². The molecule has 0 atom stereocenters. The quantitative estimate of drug-likeness (QED) is 0.178. The Morgan fingerprint density at radius 1 is 0.375 bits per heavy atom. The second-order valence-electron chi connectivity index (χ2n) is 14.1. The molecule has 2 aromatic heterocycles. The van der Waals surface area contributed by atoms with E-state index in [1.54, 1.807) is 0 Å². The molecular weight excluding hydrogens is 683 g/mol. The molecule has 0 spiro atoms. The largest absolute Gasteiger partial charge is 0.280 e. The number of rotatable bonds is 5. The van der Waals surface area contributed by atoms with Gasteiger partial charge in [0.1, 0.15) is 0 Å². The van der Waals surface area contributed by atoms with Crippen LogP contribution in [0, 0.1) is 0 Å². The molecule has 11 rings (SSSR count). The first-order valence-electron chi connectivity index (χ1n) is 18.9. The summed E-state index contributed by atoms with van der Waals surface area (Å²) in [5.74, 6) is 1.50. The highest BCUT2D eigenvalue weighted by atomic mass is 15.3. The van der Waals surface area contributed by atoms with E-state index in [2.05, 4.69) is 185 Å². The first-order chi connectivity index (χ1) is 27.8. The zero-order valence-corrected chi connectivity index (χ0v) is 30.3. The van der Waals surface area contributed by atoms with E-state index >= 15 is 0 Å². The molecule has 5 nitrogen and oxygen atoms in total. The van der Waals surface area contributed by atoms with Crippen LogP contribution in [0.1, 0.15) is 0 Å². The highest BCUT2D eigenvalue weighted by molar-refractivity contribution is 6.01. The minimum atomic E-state index is 0.677. The van der Waals surface area contributed by atoms with Gasteiger partial charge in [0, 0.05) is 27.8 Å². The third-order valence-electron chi connectivity index (χ3n) is 10.7. The molecule has 0 unspecified atom stereocenters. The summed E-state index contributed by atoms with van der Waals surface area (Å²) in [6.07, 6.45) is 0. The average Bonchev–Trinajstić information content (AvgIpc) is 3.60. The molecule has 0 N–H and O–H groups in total. The van der Waals surface area contributed by atoms with Crippen molar-refractivity contribution in [3.05, 3.63) is 200 Å². The van der Waals surface area contributed by atoms with Gasteiger partial charge in [-0.2, -0.15) is 0 Å². The maximum absolute atomic E-state index is 5.39. The number of nitrogens with zero attached hydrogens (tertiary/aromatic N) is 5. The Labute approximate surface area is 324 Å². The molecular formula is C51H33N5. The summed E-state index contributed by atoms with van der Waals surface area (Å²) in [6.45, 7) is 0. The molecule has 3 heterocycles. The fraction of sp³-hybridized carbons (Fsp3) is 0. The van der Waals surface area contributed by atoms with Crippen LogP contribution >= 0.6 is 0 Å². The van der Waals surface area contributed by atoms with Crippen molar-refractivity contribution in [3.63, 3.8) is 0 Å². The van der Waals surface area contributed by atoms with Crippen LogP contribution in [0.25, 0.3) is 83.6 Å². The van der Waals surface area contributed by atoms with Crippen LogP contribution in [0.3, 0.4) is 0 Å². The van der Waals surface area contributed by atoms with Gasteiger partial charge in [-0.1, -0.05) is 152 Å². The second-order valence-corrected chi connectivity index (χ2v) is 14.1. The summed E-state index contributed by atoms with van der Waals surface area (Å²) in [5, 5.41) is 2.38. The molecule has 0 radical (unpaired) electrons. The Bertz CT molecular complexity index is 3030. The minimum Gasteiger partial charge on any atom is -0.280 e. The van der Waals surface area contributed by atoms with Crippen LogP contribution in [0.15, 0.2) is 200 Å². The second kappa shape index (κ2) is 13.0. The molecule has 10 aromatic rings. The molecule has 0 amide bonds. The van der Waals surface area contributed by atoms with Gasteiger partial charge in [-0.15, -0.1) is 0 Å². The number of fused-ring (bicyclic) bond motifs is 8. The summed E-state index contributed by atoms with van der Waals surface area (Å²) in [5.41, 5.74) is 14.3. The standard InChI is InChI=1S/C51H33N5/c1-3-17-35(18-4-1)45-33-46(53-50(52-45)36-19-5-2-6-20-36)38-30-37(41-25-15-21-34-16-7-8-22-40(34)41)31-39(32-38)55-47-27-12-9-23-42(47)43-24-10-13-28-48(43)56-49-29-14-11-26-44(49)54-51(55)56/h1-33H. The monoisotopic (exact) mass is 715 g/mol. The van der Waals surface area contributed by atoms with Crippen LogP contribution in [-0.4, -0.2) is 19.5 Å². The van der Waals surface area contributed by atoms with Crippen LogP contribution in [0.2, 0.25) is 0 Å². The summed E-state index contributed by atoms with van der Waals surface area (Å²) in [4.78, 5) is 18.1. The summed E-state index contributed by atoms with van der Waals surface area (Å²) in [7, 11) is 0. The Morgan fingerprint density at radius 2 is 0.964 bits per heavy atom. The lowest BCUT2D eigenvalue weighted by Gasteiger charge is -2.26. The number of benzene rings is 8. The van der Waals surface area contributed by atoms with Crippen molar-refractivity contribution < 1.29 is 0 Å². The van der Waals surface area contributed by atoms with E-state index in [9.17, 15) is 0 Å². The third-order valence-corrected chi connectivity index (χ3v) is 10.7. The molecule has 1 aliphatic heterocycles. The third kappa shape index (κ3) is 5.29. The van der Waals surface area contributed by atoms with E-state index < -0.39 is 0 Å². The fourth-order valence-electron chi connectivity index (χ4n) is 8.14. The van der Waals surface area contributed by atoms with Crippen molar-refractivity contribution in [3.8, 4) is 61.8 Å². The molecule has 5 heteroatoms. The van der Waals surface area contributed by atoms with Crippen molar-refractivity contribution in [1.82, 2.24) is 19.5 Å². The van der Waals surface area contributed by atoms with Gasteiger partial charge in [0.2, 0.25) is 5.95 Å². The number of aromatic nitrogens is 4. The number of hydrogen-bond donors (Lipinski definition) is 0. The first kappa shape index (κ1) is 31.9. The number of hydrogen-bond acceptors (Lipinski definition) is 4. The van der Waals surface area contributed by atoms with Gasteiger partial charge in [-0.25, -0.2) is 15.0 Å². The zero-order valence-electron chi connectivity index (χ0n) is 30.3. The number of para-hydroxylation sites is 4. The number of anilines is 3. The molecule has 0 saturated carbocycles. The van der Waals surface area contributed by atoms with Crippen molar-refractivity contribution in [2.45, 2.75) is 0 Å². The van der Waals surface area contributed by atoms with E-state index in [4.69, 9.17) is 15.0 Å². The van der Waals surface area contributed by atoms with Crippen LogP contribution < -0.4 is 4.90 Å². The van der Waals surface area contributed by atoms with E-state index in [1.807, 2.05) is 24.3 Å². The molecule has 8 aromatic carbocycles. The van der Waals surface area contributed by atoms with Gasteiger partial charge in [0.05, 0.1) is 39.5 Å². The van der Waals surface area contributed by atoms with Crippen molar-refractivity contribution in [2.24, 2.45) is 0 Å². The molecule has 0 saturated heterocycles. The fourth-order valence-corrected chi connectivity index (χ4v) is 8.14. The van der Waals surface area contributed by atoms with Gasteiger partial charge >= 0.3 is 0 Å². The summed E-state index contributed by atoms with van der Waals surface area (Å²) < 4.78 is 2.31. The lowest BCUT2D eigenvalue weighted by Crippen LogP contribution is -2.14. The molecule has 1 aliphatic rings. The SMILES string of the molecule is c1ccc(-c2cc(-c3cc(-c4cccc5ccccc45)cc(N4c5ccccc5-c5ccccc5-n5c4nc4ccccc45)c3)nc(-c3ccccc3)n2)cc1. The topological polar surface area (TPSA) is 46.8 Å². The molecule has 0 aliphatic carbocycles. The van der Waals surface area contributed by atoms with E-state index in [1.165, 1.54) is 10.8 Å². The Morgan fingerprint density at radius 3 is 1.79 bits per heavy atom. The maximum atomic E-state index is 5.39. The Kier molecular flexibility index (Phi) is 7.42. The lowest BCUT2D eigenvalue weighted by atomic mass is 9.94. The predicted molar refractivity (Wildman–Crippen MR) is 230 cm³/mol. The smallest absolute Gasteiger partial charge is 0.220 e. The zero-order chi connectivity index (χ0) is 37.0. The average molecular weight is 716 g/mol.